The van der Waals surface area contributed by atoms with Gasteiger partial charge >= 0.3 is 5.97 Å². The number of aromatic nitrogens is 2. The number of hydrogen-bond donors (Lipinski definition) is 5. The van der Waals surface area contributed by atoms with Gasteiger partial charge in [0.2, 0.25) is 11.8 Å². The molecule has 1 aliphatic heterocycles. The Kier molecular flexibility index (Phi) is 7.76. The number of imidazole rings is 1. The predicted molar refractivity (Wildman–Crippen MR) is 153 cm³/mol. The minimum Gasteiger partial charge on any atom is -0.508 e. The molecule has 0 fully saturated rings. The van der Waals surface area contributed by atoms with E-state index in [0.29, 0.717) is 11.3 Å². The highest BCUT2D eigenvalue weighted by Crippen LogP contribution is 2.27. The highest BCUT2D eigenvalue weighted by Gasteiger charge is 2.38. The Morgan fingerprint density at radius 1 is 1.07 bits per heavy atom. The molecule has 10 heteroatoms. The molecule has 3 aromatic carbocycles. The molecule has 2 heterocycles. The quantitative estimate of drug-likeness (QED) is 0.223. The van der Waals surface area contributed by atoms with Gasteiger partial charge in [0, 0.05) is 13.0 Å². The van der Waals surface area contributed by atoms with Gasteiger partial charge in [-0.3, -0.25) is 14.4 Å². The number of aromatic amines is 1. The second-order valence-electron chi connectivity index (χ2n) is 10.6. The van der Waals surface area contributed by atoms with E-state index in [0.717, 1.165) is 33.3 Å². The lowest BCUT2D eigenvalue weighted by atomic mass is 9.91. The molecule has 1 aliphatic rings. The van der Waals surface area contributed by atoms with E-state index in [2.05, 4.69) is 15.3 Å². The first-order valence-electron chi connectivity index (χ1n) is 13.5. The fraction of sp³-hybridized carbons (Fsp3) is 0.290. The molecule has 0 saturated carbocycles. The number of phenolic OH excluding ortho intramolecular Hbond substituents is 1. The zero-order valence-electron chi connectivity index (χ0n) is 22.9. The van der Waals surface area contributed by atoms with Crippen LogP contribution in [0.15, 0.2) is 60.7 Å². The summed E-state index contributed by atoms with van der Waals surface area (Å²) in [4.78, 5) is 48.5. The summed E-state index contributed by atoms with van der Waals surface area (Å²) in [6, 6.07) is 15.4. The summed E-state index contributed by atoms with van der Waals surface area (Å²) in [5, 5.41) is 22.4. The van der Waals surface area contributed by atoms with E-state index in [4.69, 9.17) is 5.73 Å². The third-order valence-electron chi connectivity index (χ3n) is 7.69. The number of aromatic hydroxyl groups is 1. The third kappa shape index (κ3) is 5.92. The SMILES string of the molecule is Cc1cc(O)cc(C)c1CC(N)C(=O)N1Cc2ccccc2CC1C(=O)NC(CC(=O)O)c1nc2ccccc2[nH]1. The first-order chi connectivity index (χ1) is 19.6. The van der Waals surface area contributed by atoms with Gasteiger partial charge in [-0.25, -0.2) is 4.98 Å². The molecule has 4 aromatic rings. The number of phenols is 1. The van der Waals surface area contributed by atoms with E-state index < -0.39 is 30.0 Å². The van der Waals surface area contributed by atoms with E-state index in [1.54, 1.807) is 18.2 Å². The Morgan fingerprint density at radius 3 is 2.41 bits per heavy atom. The Morgan fingerprint density at radius 2 is 1.73 bits per heavy atom. The van der Waals surface area contributed by atoms with Crippen molar-refractivity contribution in [1.82, 2.24) is 20.2 Å². The minimum atomic E-state index is -1.10. The number of nitrogens with one attached hydrogen (secondary N) is 2. The third-order valence-corrected chi connectivity index (χ3v) is 7.69. The molecule has 5 rings (SSSR count). The van der Waals surface area contributed by atoms with Crippen LogP contribution in [0, 0.1) is 13.8 Å². The summed E-state index contributed by atoms with van der Waals surface area (Å²) in [6.07, 6.45) is 0.114. The summed E-state index contributed by atoms with van der Waals surface area (Å²) < 4.78 is 0. The van der Waals surface area contributed by atoms with Crippen LogP contribution in [-0.4, -0.2) is 54.9 Å². The molecule has 3 atom stereocenters. The molecular weight excluding hydrogens is 522 g/mol. The molecule has 6 N–H and O–H groups in total. The van der Waals surface area contributed by atoms with Crippen molar-refractivity contribution >= 4 is 28.8 Å². The van der Waals surface area contributed by atoms with Crippen molar-refractivity contribution in [2.75, 3.05) is 0 Å². The van der Waals surface area contributed by atoms with Crippen LogP contribution in [0.1, 0.15) is 46.1 Å². The predicted octanol–water partition coefficient (Wildman–Crippen LogP) is 3.04. The van der Waals surface area contributed by atoms with Crippen LogP contribution in [0.3, 0.4) is 0 Å². The van der Waals surface area contributed by atoms with E-state index in [9.17, 15) is 24.6 Å². The summed E-state index contributed by atoms with van der Waals surface area (Å²) in [6.45, 7) is 3.91. The Balaban J connectivity index is 1.42. The molecule has 0 spiro atoms. The second kappa shape index (κ2) is 11.4. The van der Waals surface area contributed by atoms with Crippen LogP contribution in [0.25, 0.3) is 11.0 Å². The number of nitrogens with two attached hydrogens (primary N) is 1. The van der Waals surface area contributed by atoms with E-state index in [1.807, 2.05) is 56.3 Å². The van der Waals surface area contributed by atoms with Gasteiger partial charge in [0.05, 0.1) is 29.5 Å². The number of amides is 2. The second-order valence-corrected chi connectivity index (χ2v) is 10.6. The molecular formula is C31H33N5O5. The largest absolute Gasteiger partial charge is 0.508 e. The standard InChI is InChI=1S/C31H33N5O5/c1-17-11-21(37)12-18(2)22(17)14-23(32)31(41)36-16-20-8-4-3-7-19(20)13-27(36)30(40)35-26(15-28(38)39)29-33-24-9-5-6-10-25(24)34-29/h3-12,23,26-27,37H,13-16,32H2,1-2H3,(H,33,34)(H,35,40)(H,38,39). The number of carboxylic acid groups (broad SMARTS) is 1. The number of carboxylic acids is 1. The number of carbonyl (C=O) groups is 3. The van der Waals surface area contributed by atoms with Crippen LogP contribution in [-0.2, 0) is 33.8 Å². The Labute approximate surface area is 237 Å². The lowest BCUT2D eigenvalue weighted by Crippen LogP contribution is -2.57. The van der Waals surface area contributed by atoms with Crippen molar-refractivity contribution in [3.05, 3.63) is 94.3 Å². The number of para-hydroxylation sites is 2. The molecule has 10 nitrogen and oxygen atoms in total. The normalized spacial score (nSPS) is 16.2. The average molecular weight is 556 g/mol. The molecule has 0 radical (unpaired) electrons. The van der Waals surface area contributed by atoms with Gasteiger partial charge in [0.25, 0.3) is 0 Å². The van der Waals surface area contributed by atoms with Gasteiger partial charge in [-0.2, -0.15) is 0 Å². The van der Waals surface area contributed by atoms with Gasteiger partial charge in [-0.15, -0.1) is 0 Å². The van der Waals surface area contributed by atoms with Crippen molar-refractivity contribution in [2.24, 2.45) is 5.73 Å². The van der Waals surface area contributed by atoms with Crippen molar-refractivity contribution in [3.63, 3.8) is 0 Å². The summed E-state index contributed by atoms with van der Waals surface area (Å²) >= 11 is 0. The molecule has 41 heavy (non-hydrogen) atoms. The number of benzene rings is 3. The lowest BCUT2D eigenvalue weighted by molar-refractivity contribution is -0.144. The van der Waals surface area contributed by atoms with Crippen molar-refractivity contribution in [1.29, 1.82) is 0 Å². The molecule has 0 bridgehead atoms. The summed E-state index contributed by atoms with van der Waals surface area (Å²) in [7, 11) is 0. The van der Waals surface area contributed by atoms with Crippen LogP contribution in [0.5, 0.6) is 5.75 Å². The summed E-state index contributed by atoms with van der Waals surface area (Å²) in [5.41, 5.74) is 12.2. The van der Waals surface area contributed by atoms with E-state index >= 15 is 0 Å². The molecule has 0 aliphatic carbocycles. The molecule has 3 unspecified atom stereocenters. The molecule has 2 amide bonds. The number of H-pyrrole nitrogens is 1. The highest BCUT2D eigenvalue weighted by atomic mass is 16.4. The fourth-order valence-electron chi connectivity index (χ4n) is 5.60. The van der Waals surface area contributed by atoms with Crippen molar-refractivity contribution < 1.29 is 24.6 Å². The number of hydrogen-bond acceptors (Lipinski definition) is 6. The van der Waals surface area contributed by atoms with Crippen LogP contribution < -0.4 is 11.1 Å². The highest BCUT2D eigenvalue weighted by molar-refractivity contribution is 5.91. The van der Waals surface area contributed by atoms with E-state index in [-0.39, 0.29) is 37.5 Å². The van der Waals surface area contributed by atoms with Crippen LogP contribution >= 0.6 is 0 Å². The number of rotatable bonds is 8. The summed E-state index contributed by atoms with van der Waals surface area (Å²) in [5.74, 6) is -1.49. The maximum absolute atomic E-state index is 13.8. The van der Waals surface area contributed by atoms with Gasteiger partial charge < -0.3 is 31.1 Å². The first kappa shape index (κ1) is 27.9. The minimum absolute atomic E-state index is 0.147. The maximum atomic E-state index is 13.8. The zero-order valence-corrected chi connectivity index (χ0v) is 22.9. The topological polar surface area (TPSA) is 162 Å². The van der Waals surface area contributed by atoms with Crippen molar-refractivity contribution in [3.8, 4) is 5.75 Å². The van der Waals surface area contributed by atoms with Crippen LogP contribution in [0.2, 0.25) is 0 Å². The number of aryl methyl sites for hydroxylation is 2. The maximum Gasteiger partial charge on any atom is 0.305 e. The number of fused-ring (bicyclic) bond motifs is 2. The first-order valence-corrected chi connectivity index (χ1v) is 13.5. The van der Waals surface area contributed by atoms with Gasteiger partial charge in [-0.1, -0.05) is 36.4 Å². The number of nitrogens with zero attached hydrogens (tertiary/aromatic N) is 2. The van der Waals surface area contributed by atoms with Crippen molar-refractivity contribution in [2.45, 2.75) is 57.8 Å². The van der Waals surface area contributed by atoms with Gasteiger partial charge in [0.1, 0.15) is 17.6 Å². The lowest BCUT2D eigenvalue weighted by Gasteiger charge is -2.38. The monoisotopic (exact) mass is 555 g/mol. The average Bonchev–Trinajstić information content (AvgIpc) is 3.37. The Hall–Kier alpha value is -4.70. The zero-order chi connectivity index (χ0) is 29.3. The Bertz CT molecular complexity index is 1570. The molecule has 1 aromatic heterocycles. The molecule has 0 saturated heterocycles. The van der Waals surface area contributed by atoms with Gasteiger partial charge in [0.15, 0.2) is 0 Å². The smallest absolute Gasteiger partial charge is 0.305 e. The number of aliphatic carboxylic acids is 1. The van der Waals surface area contributed by atoms with E-state index in [1.165, 1.54) is 4.90 Å². The van der Waals surface area contributed by atoms with Gasteiger partial charge in [-0.05, 0) is 72.4 Å². The fourth-order valence-corrected chi connectivity index (χ4v) is 5.60. The number of carbonyl (C=O) groups excluding carboxylic acids is 2. The van der Waals surface area contributed by atoms with Crippen LogP contribution in [0.4, 0.5) is 0 Å². The molecule has 212 valence electrons.